The molecule has 0 spiro atoms. The molecular weight excluding hydrogens is 410 g/mol. The molecule has 0 saturated heterocycles. The minimum Gasteiger partial charge on any atom is -0.508 e. The normalized spacial score (nSPS) is 31.5. The number of hydrogen-bond donors (Lipinski definition) is 5. The van der Waals surface area contributed by atoms with Crippen LogP contribution in [0.5, 0.6) is 17.2 Å². The van der Waals surface area contributed by atoms with Crippen molar-refractivity contribution >= 4 is 5.91 Å². The summed E-state index contributed by atoms with van der Waals surface area (Å²) in [6.07, 6.45) is 0.150. The molecule has 3 aliphatic carbocycles. The highest BCUT2D eigenvalue weighted by molar-refractivity contribution is 6.00. The molecule has 1 heterocycles. The number of carbonyl (C=O) groups excluding carboxylic acids is 1. The van der Waals surface area contributed by atoms with Crippen LogP contribution in [0, 0.1) is 17.3 Å². The molecule has 2 bridgehead atoms. The second kappa shape index (κ2) is 7.12. The number of carbonyl (C=O) groups is 1. The van der Waals surface area contributed by atoms with Crippen molar-refractivity contribution in [1.29, 1.82) is 0 Å². The summed E-state index contributed by atoms with van der Waals surface area (Å²) in [4.78, 5) is 13.0. The van der Waals surface area contributed by atoms with Gasteiger partial charge in [0.05, 0.1) is 0 Å². The summed E-state index contributed by atoms with van der Waals surface area (Å²) in [5.41, 5.74) is -0.254. The minimum atomic E-state index is -1.42. The first-order valence-corrected chi connectivity index (χ1v) is 11.1. The Balaban J connectivity index is 1.40. The maximum absolute atomic E-state index is 13.0. The molecule has 2 aromatic rings. The molecule has 32 heavy (non-hydrogen) atoms. The highest BCUT2D eigenvalue weighted by Gasteiger charge is 2.69. The molecule has 5 N–H and O–H groups in total. The van der Waals surface area contributed by atoms with E-state index in [0.29, 0.717) is 30.9 Å². The minimum absolute atomic E-state index is 0.0205. The van der Waals surface area contributed by atoms with E-state index in [1.165, 1.54) is 12.1 Å². The van der Waals surface area contributed by atoms with Crippen molar-refractivity contribution in [2.45, 2.75) is 50.9 Å². The van der Waals surface area contributed by atoms with E-state index in [9.17, 15) is 25.2 Å². The predicted molar refractivity (Wildman–Crippen MR) is 117 cm³/mol. The summed E-state index contributed by atoms with van der Waals surface area (Å²) < 4.78 is 6.16. The average molecular weight is 440 g/mol. The van der Waals surface area contributed by atoms with Crippen molar-refractivity contribution < 1.29 is 30.0 Å². The maximum Gasteiger partial charge on any atom is 0.258 e. The van der Waals surface area contributed by atoms with Crippen molar-refractivity contribution in [2.75, 3.05) is 6.54 Å². The van der Waals surface area contributed by atoms with Gasteiger partial charge in [0.15, 0.2) is 0 Å². The summed E-state index contributed by atoms with van der Waals surface area (Å²) in [5, 5.41) is 45.4. The van der Waals surface area contributed by atoms with Crippen LogP contribution in [0.3, 0.4) is 0 Å². The Bertz CT molecular complexity index is 1060. The van der Waals surface area contributed by atoms with Gasteiger partial charge in [-0.05, 0) is 66.3 Å². The van der Waals surface area contributed by atoms with Gasteiger partial charge in [-0.15, -0.1) is 0 Å². The van der Waals surface area contributed by atoms with E-state index in [2.05, 4.69) is 19.2 Å². The number of phenolic OH excluding ortho intramolecular Hbond substituents is 2. The molecule has 3 fully saturated rings. The molecule has 2 aromatic carbocycles. The lowest BCUT2D eigenvalue weighted by Crippen LogP contribution is -2.72. The topological polar surface area (TPSA) is 119 Å². The number of fused-ring (bicyclic) bond motifs is 1. The number of aromatic hydroxyl groups is 2. The first-order valence-electron chi connectivity index (χ1n) is 11.1. The molecular formula is C25H29NO6. The maximum atomic E-state index is 13.0. The fourth-order valence-electron chi connectivity index (χ4n) is 5.99. The quantitative estimate of drug-likeness (QED) is 0.500. The fraction of sp³-hybridized carbons (Fsp3) is 0.480. The molecule has 0 aromatic heterocycles. The number of nitrogens with one attached hydrogen (secondary N) is 1. The fourth-order valence-corrected chi connectivity index (χ4v) is 5.99. The van der Waals surface area contributed by atoms with Gasteiger partial charge in [-0.25, -0.2) is 0 Å². The largest absolute Gasteiger partial charge is 0.508 e. The molecule has 7 heteroatoms. The Labute approximate surface area is 186 Å². The van der Waals surface area contributed by atoms with Crippen LogP contribution in [0.25, 0.3) is 0 Å². The molecule has 1 aliphatic heterocycles. The summed E-state index contributed by atoms with van der Waals surface area (Å²) in [6, 6.07) is 9.61. The van der Waals surface area contributed by atoms with E-state index >= 15 is 0 Å². The van der Waals surface area contributed by atoms with Crippen LogP contribution in [-0.2, 0) is 6.42 Å². The van der Waals surface area contributed by atoms with Gasteiger partial charge in [0.1, 0.15) is 40.6 Å². The van der Waals surface area contributed by atoms with E-state index in [-0.39, 0.29) is 34.1 Å². The molecule has 4 aliphatic rings. The van der Waals surface area contributed by atoms with E-state index < -0.39 is 23.7 Å². The smallest absolute Gasteiger partial charge is 0.258 e. The number of hydrogen-bond acceptors (Lipinski definition) is 6. The Morgan fingerprint density at radius 2 is 1.84 bits per heavy atom. The van der Waals surface area contributed by atoms with E-state index in [4.69, 9.17) is 4.74 Å². The van der Waals surface area contributed by atoms with Crippen molar-refractivity contribution in [3.63, 3.8) is 0 Å². The highest BCUT2D eigenvalue weighted by Crippen LogP contribution is 2.67. The van der Waals surface area contributed by atoms with Gasteiger partial charge in [-0.3, -0.25) is 4.79 Å². The summed E-state index contributed by atoms with van der Waals surface area (Å²) in [7, 11) is 0. The first kappa shape index (κ1) is 21.1. The second-order valence-electron chi connectivity index (χ2n) is 9.99. The van der Waals surface area contributed by atoms with Crippen molar-refractivity contribution in [3.8, 4) is 17.2 Å². The number of amides is 1. The number of benzene rings is 2. The molecule has 5 atom stereocenters. The van der Waals surface area contributed by atoms with Crippen molar-refractivity contribution in [3.05, 3.63) is 53.1 Å². The van der Waals surface area contributed by atoms with Gasteiger partial charge in [0.25, 0.3) is 5.91 Å². The van der Waals surface area contributed by atoms with E-state index in [1.807, 2.05) is 0 Å². The highest BCUT2D eigenvalue weighted by atomic mass is 16.5. The van der Waals surface area contributed by atoms with Gasteiger partial charge in [0.2, 0.25) is 0 Å². The van der Waals surface area contributed by atoms with E-state index in [0.717, 1.165) is 12.0 Å². The van der Waals surface area contributed by atoms with Crippen LogP contribution in [0.4, 0.5) is 0 Å². The molecule has 0 radical (unpaired) electrons. The average Bonchev–Trinajstić information content (AvgIpc) is 2.75. The zero-order valence-corrected chi connectivity index (χ0v) is 18.2. The van der Waals surface area contributed by atoms with Crippen LogP contribution in [-0.4, -0.2) is 44.6 Å². The monoisotopic (exact) mass is 439 g/mol. The summed E-state index contributed by atoms with van der Waals surface area (Å²) in [6.45, 7) is 4.55. The summed E-state index contributed by atoms with van der Waals surface area (Å²) in [5.74, 6) is -0.127. The third-order valence-corrected chi connectivity index (χ3v) is 8.06. The van der Waals surface area contributed by atoms with Crippen LogP contribution < -0.4 is 10.1 Å². The molecule has 1 amide bonds. The molecule has 6 rings (SSSR count). The van der Waals surface area contributed by atoms with Crippen molar-refractivity contribution in [2.24, 2.45) is 17.3 Å². The SMILES string of the molecule is CC1(C)[C@@H]2C[C@H]1[C@@]1(O)[C@@H](C2)Oc2c(ccc(O)c2C(=O)NCCc2ccc(O)cc2)[C@@H]1O. The third kappa shape index (κ3) is 2.91. The number of aliphatic hydroxyl groups excluding tert-OH is 1. The van der Waals surface area contributed by atoms with Crippen LogP contribution in [0.15, 0.2) is 36.4 Å². The number of aliphatic hydroxyl groups is 2. The molecule has 170 valence electrons. The molecule has 0 unspecified atom stereocenters. The lowest BCUT2D eigenvalue weighted by Gasteiger charge is -2.67. The zero-order chi connectivity index (χ0) is 22.8. The second-order valence-corrected chi connectivity index (χ2v) is 9.99. The van der Waals surface area contributed by atoms with E-state index in [1.54, 1.807) is 24.3 Å². The zero-order valence-electron chi connectivity index (χ0n) is 18.2. The summed E-state index contributed by atoms with van der Waals surface area (Å²) >= 11 is 0. The Morgan fingerprint density at radius 1 is 1.12 bits per heavy atom. The van der Waals surface area contributed by atoms with Crippen LogP contribution >= 0.6 is 0 Å². The van der Waals surface area contributed by atoms with Gasteiger partial charge < -0.3 is 30.5 Å². The van der Waals surface area contributed by atoms with Crippen LogP contribution in [0.1, 0.15) is 54.3 Å². The number of ether oxygens (including phenoxy) is 1. The molecule has 7 nitrogen and oxygen atoms in total. The lowest BCUT2D eigenvalue weighted by atomic mass is 9.42. The standard InChI is InChI=1S/C25H29NO6/c1-24(2)14-11-18(24)25(31)19(12-14)32-21-16(22(25)29)7-8-17(28)20(21)23(30)26-10-9-13-3-5-15(27)6-4-13/h3-8,14,18-19,22,27-29,31H,9-12H2,1-2H3,(H,26,30)/t14-,18-,19-,22+,25-/m1/s1. The first-order chi connectivity index (χ1) is 15.1. The molecule has 3 saturated carbocycles. The van der Waals surface area contributed by atoms with Crippen LogP contribution in [0.2, 0.25) is 0 Å². The van der Waals surface area contributed by atoms with Gasteiger partial charge >= 0.3 is 0 Å². The van der Waals surface area contributed by atoms with Crippen molar-refractivity contribution in [1.82, 2.24) is 5.32 Å². The van der Waals surface area contributed by atoms with Gasteiger partial charge in [-0.2, -0.15) is 0 Å². The predicted octanol–water partition coefficient (Wildman–Crippen LogP) is 2.66. The Morgan fingerprint density at radius 3 is 2.53 bits per heavy atom. The van der Waals surface area contributed by atoms with Gasteiger partial charge in [0, 0.05) is 12.1 Å². The lowest BCUT2D eigenvalue weighted by molar-refractivity contribution is -0.289. The number of phenols is 2. The number of rotatable bonds is 4. The Kier molecular flexibility index (Phi) is 4.69. The van der Waals surface area contributed by atoms with Gasteiger partial charge in [-0.1, -0.05) is 26.0 Å². The third-order valence-electron chi connectivity index (χ3n) is 8.06. The Hall–Kier alpha value is -2.77.